The molecule has 0 aromatic heterocycles. The van der Waals surface area contributed by atoms with Gasteiger partial charge in [-0.3, -0.25) is 9.52 Å². The van der Waals surface area contributed by atoms with Crippen LogP contribution < -0.4 is 9.62 Å². The predicted molar refractivity (Wildman–Crippen MR) is 90.0 cm³/mol. The van der Waals surface area contributed by atoms with E-state index in [0.29, 0.717) is 19.0 Å². The summed E-state index contributed by atoms with van der Waals surface area (Å²) in [7, 11) is -4.19. The number of anilines is 2. The predicted octanol–water partition coefficient (Wildman–Crippen LogP) is 3.06. The number of halogens is 2. The third-order valence-corrected chi connectivity index (χ3v) is 5.43. The first-order chi connectivity index (χ1) is 11.8. The Balaban J connectivity index is 1.92. The van der Waals surface area contributed by atoms with E-state index < -0.39 is 26.6 Å². The van der Waals surface area contributed by atoms with Gasteiger partial charge >= 0.3 is 0 Å². The molecule has 0 atom stereocenters. The summed E-state index contributed by atoms with van der Waals surface area (Å²) in [5, 5.41) is 0. The molecular weight excluding hydrogens is 350 g/mol. The van der Waals surface area contributed by atoms with Gasteiger partial charge in [-0.1, -0.05) is 0 Å². The maximum absolute atomic E-state index is 13.8. The van der Waals surface area contributed by atoms with E-state index in [4.69, 9.17) is 0 Å². The van der Waals surface area contributed by atoms with E-state index in [9.17, 15) is 22.0 Å². The first-order valence-corrected chi connectivity index (χ1v) is 9.15. The Hall–Kier alpha value is -2.48. The van der Waals surface area contributed by atoms with Crippen LogP contribution in [0.4, 0.5) is 20.2 Å². The topological polar surface area (TPSA) is 66.5 Å². The fourth-order valence-electron chi connectivity index (χ4n) is 2.89. The first kappa shape index (κ1) is 17.3. The average molecular weight is 366 g/mol. The maximum Gasteiger partial charge on any atom is 0.264 e. The number of hydrogen-bond donors (Lipinski definition) is 1. The van der Waals surface area contributed by atoms with Crippen LogP contribution in [0.3, 0.4) is 0 Å². The molecule has 0 fully saturated rings. The highest BCUT2D eigenvalue weighted by molar-refractivity contribution is 7.92. The third-order valence-electron chi connectivity index (χ3n) is 4.01. The highest BCUT2D eigenvalue weighted by Gasteiger charge is 2.23. The Kier molecular flexibility index (Phi) is 4.47. The lowest BCUT2D eigenvalue weighted by molar-refractivity contribution is -0.116. The number of sulfonamides is 1. The highest BCUT2D eigenvalue weighted by Crippen LogP contribution is 2.30. The van der Waals surface area contributed by atoms with Crippen molar-refractivity contribution in [1.82, 2.24) is 0 Å². The van der Waals surface area contributed by atoms with Crippen molar-refractivity contribution >= 4 is 27.3 Å². The standard InChI is InChI=1S/C17H16F2N2O3S/c1-11(22)21-8-2-3-12-9-14(5-6-16(12)21)20-25(23,24)17-7-4-13(18)10-15(17)19/h4-7,9-10,20H,2-3,8H2,1H3. The molecule has 2 aromatic rings. The number of nitrogens with one attached hydrogen (secondary N) is 1. The van der Waals surface area contributed by atoms with Gasteiger partial charge in [0.25, 0.3) is 10.0 Å². The van der Waals surface area contributed by atoms with Crippen LogP contribution in [-0.2, 0) is 21.2 Å². The summed E-state index contributed by atoms with van der Waals surface area (Å²) in [6.45, 7) is 2.09. The molecule has 25 heavy (non-hydrogen) atoms. The van der Waals surface area contributed by atoms with Crippen molar-refractivity contribution in [3.8, 4) is 0 Å². The number of fused-ring (bicyclic) bond motifs is 1. The second-order valence-electron chi connectivity index (χ2n) is 5.80. The quantitative estimate of drug-likeness (QED) is 0.908. The molecule has 1 aliphatic heterocycles. The summed E-state index contributed by atoms with van der Waals surface area (Å²) in [4.78, 5) is 12.7. The smallest absolute Gasteiger partial charge is 0.264 e. The summed E-state index contributed by atoms with van der Waals surface area (Å²) >= 11 is 0. The third kappa shape index (κ3) is 3.48. The van der Waals surface area contributed by atoms with E-state index in [1.54, 1.807) is 17.0 Å². The van der Waals surface area contributed by atoms with E-state index in [1.165, 1.54) is 13.0 Å². The summed E-state index contributed by atoms with van der Waals surface area (Å²) in [5.41, 5.74) is 1.84. The van der Waals surface area contributed by atoms with Crippen LogP contribution in [0.15, 0.2) is 41.3 Å². The van der Waals surface area contributed by atoms with Gasteiger partial charge in [0.1, 0.15) is 16.5 Å². The Morgan fingerprint density at radius 3 is 2.60 bits per heavy atom. The molecule has 0 radical (unpaired) electrons. The second kappa shape index (κ2) is 6.44. The molecule has 0 spiro atoms. The number of carbonyl (C=O) groups excluding carboxylic acids is 1. The zero-order chi connectivity index (χ0) is 18.2. The number of amides is 1. The Morgan fingerprint density at radius 2 is 1.92 bits per heavy atom. The van der Waals surface area contributed by atoms with Crippen LogP contribution in [0.1, 0.15) is 18.9 Å². The van der Waals surface area contributed by atoms with Gasteiger partial charge in [-0.25, -0.2) is 17.2 Å². The van der Waals surface area contributed by atoms with E-state index >= 15 is 0 Å². The minimum atomic E-state index is -4.19. The van der Waals surface area contributed by atoms with Gasteiger partial charge < -0.3 is 4.90 Å². The van der Waals surface area contributed by atoms with Gasteiger partial charge in [0.05, 0.1) is 0 Å². The van der Waals surface area contributed by atoms with Crippen molar-refractivity contribution in [3.05, 3.63) is 53.6 Å². The molecule has 1 aliphatic rings. The number of benzene rings is 2. The molecule has 8 heteroatoms. The van der Waals surface area contributed by atoms with Crippen molar-refractivity contribution in [2.75, 3.05) is 16.2 Å². The van der Waals surface area contributed by atoms with Crippen LogP contribution in [0.2, 0.25) is 0 Å². The first-order valence-electron chi connectivity index (χ1n) is 7.67. The number of rotatable bonds is 3. The molecule has 132 valence electrons. The monoisotopic (exact) mass is 366 g/mol. The molecule has 0 aliphatic carbocycles. The molecule has 1 heterocycles. The van der Waals surface area contributed by atoms with Crippen LogP contribution >= 0.6 is 0 Å². The van der Waals surface area contributed by atoms with Crippen molar-refractivity contribution < 1.29 is 22.0 Å². The van der Waals surface area contributed by atoms with Crippen molar-refractivity contribution in [2.24, 2.45) is 0 Å². The van der Waals surface area contributed by atoms with Crippen LogP contribution in [0.5, 0.6) is 0 Å². The minimum Gasteiger partial charge on any atom is -0.312 e. The number of aryl methyl sites for hydroxylation is 1. The summed E-state index contributed by atoms with van der Waals surface area (Å²) in [6.07, 6.45) is 1.48. The minimum absolute atomic E-state index is 0.0809. The van der Waals surface area contributed by atoms with Gasteiger partial charge in [-0.15, -0.1) is 0 Å². The maximum atomic E-state index is 13.8. The molecule has 2 aromatic carbocycles. The lowest BCUT2D eigenvalue weighted by atomic mass is 10.0. The van der Waals surface area contributed by atoms with Crippen molar-refractivity contribution in [1.29, 1.82) is 0 Å². The number of carbonyl (C=O) groups is 1. The van der Waals surface area contributed by atoms with Gasteiger partial charge in [-0.2, -0.15) is 0 Å². The van der Waals surface area contributed by atoms with E-state index in [0.717, 1.165) is 29.8 Å². The normalized spacial score (nSPS) is 14.1. The van der Waals surface area contributed by atoms with Crippen LogP contribution in [0.25, 0.3) is 0 Å². The zero-order valence-corrected chi connectivity index (χ0v) is 14.2. The van der Waals surface area contributed by atoms with Crippen molar-refractivity contribution in [3.63, 3.8) is 0 Å². The summed E-state index contributed by atoms with van der Waals surface area (Å²) in [6, 6.07) is 7.08. The Labute approximate surface area is 144 Å². The molecule has 3 rings (SSSR count). The van der Waals surface area contributed by atoms with Gasteiger partial charge in [0.2, 0.25) is 5.91 Å². The average Bonchev–Trinajstić information content (AvgIpc) is 2.53. The van der Waals surface area contributed by atoms with E-state index in [-0.39, 0.29) is 11.6 Å². The summed E-state index contributed by atoms with van der Waals surface area (Å²) < 4.78 is 53.7. The molecule has 1 amide bonds. The van der Waals surface area contributed by atoms with Gasteiger partial charge in [0, 0.05) is 30.9 Å². The Morgan fingerprint density at radius 1 is 1.16 bits per heavy atom. The second-order valence-corrected chi connectivity index (χ2v) is 7.45. The SMILES string of the molecule is CC(=O)N1CCCc2cc(NS(=O)(=O)c3ccc(F)cc3F)ccc21. The van der Waals surface area contributed by atoms with Crippen LogP contribution in [0, 0.1) is 11.6 Å². The van der Waals surface area contributed by atoms with E-state index in [1.807, 2.05) is 0 Å². The lowest BCUT2D eigenvalue weighted by Crippen LogP contribution is -2.33. The molecule has 0 saturated carbocycles. The molecule has 5 nitrogen and oxygen atoms in total. The van der Waals surface area contributed by atoms with Gasteiger partial charge in [0.15, 0.2) is 0 Å². The largest absolute Gasteiger partial charge is 0.312 e. The van der Waals surface area contributed by atoms with Crippen LogP contribution in [-0.4, -0.2) is 20.9 Å². The molecule has 0 unspecified atom stereocenters. The Bertz CT molecular complexity index is 945. The number of nitrogens with zero attached hydrogens (tertiary/aromatic N) is 1. The summed E-state index contributed by atoms with van der Waals surface area (Å²) in [5.74, 6) is -2.09. The van der Waals surface area contributed by atoms with Crippen molar-refractivity contribution in [2.45, 2.75) is 24.7 Å². The molecular formula is C17H16F2N2O3S. The van der Waals surface area contributed by atoms with E-state index in [2.05, 4.69) is 4.72 Å². The fraction of sp³-hybridized carbons (Fsp3) is 0.235. The van der Waals surface area contributed by atoms with Gasteiger partial charge in [-0.05, 0) is 48.7 Å². The zero-order valence-electron chi connectivity index (χ0n) is 13.4. The fourth-order valence-corrected chi connectivity index (χ4v) is 4.00. The molecule has 0 saturated heterocycles. The lowest BCUT2D eigenvalue weighted by Gasteiger charge is -2.29. The number of hydrogen-bond acceptors (Lipinski definition) is 3. The highest BCUT2D eigenvalue weighted by atomic mass is 32.2. The molecule has 1 N–H and O–H groups in total. The molecule has 0 bridgehead atoms.